The lowest BCUT2D eigenvalue weighted by Crippen LogP contribution is -2.41. The molecule has 1 atom stereocenters. The van der Waals surface area contributed by atoms with Gasteiger partial charge >= 0.3 is 11.9 Å². The molecule has 0 saturated carbocycles. The smallest absolute Gasteiger partial charge is 0.379 e. The van der Waals surface area contributed by atoms with Crippen molar-refractivity contribution in [3.05, 3.63) is 34.9 Å². The van der Waals surface area contributed by atoms with E-state index < -0.39 is 17.9 Å². The highest BCUT2D eigenvalue weighted by molar-refractivity contribution is 5.78. The zero-order chi connectivity index (χ0) is 13.9. The van der Waals surface area contributed by atoms with E-state index in [0.717, 1.165) is 11.1 Å². The molecule has 3 nitrogen and oxygen atoms in total. The summed E-state index contributed by atoms with van der Waals surface area (Å²) in [5, 5.41) is 0. The molecule has 0 bridgehead atoms. The van der Waals surface area contributed by atoms with E-state index in [-0.39, 0.29) is 12.2 Å². The number of alkyl halides is 2. The summed E-state index contributed by atoms with van der Waals surface area (Å²) in [5.41, 5.74) is 7.36. The van der Waals surface area contributed by atoms with Gasteiger partial charge in [-0.2, -0.15) is 8.78 Å². The van der Waals surface area contributed by atoms with Crippen LogP contribution in [0.2, 0.25) is 0 Å². The lowest BCUT2D eigenvalue weighted by molar-refractivity contribution is -0.174. The van der Waals surface area contributed by atoms with Crippen LogP contribution in [-0.4, -0.2) is 18.5 Å². The molecule has 0 fully saturated rings. The van der Waals surface area contributed by atoms with Crippen molar-refractivity contribution in [2.75, 3.05) is 6.61 Å². The minimum absolute atomic E-state index is 0.103. The number of carbonyl (C=O) groups is 1. The lowest BCUT2D eigenvalue weighted by Gasteiger charge is -2.22. The third kappa shape index (κ3) is 3.04. The number of nitrogens with two attached hydrogens (primary N) is 1. The number of halogens is 2. The molecule has 1 aromatic carbocycles. The van der Waals surface area contributed by atoms with E-state index in [0.29, 0.717) is 0 Å². The van der Waals surface area contributed by atoms with E-state index in [4.69, 9.17) is 5.73 Å². The highest BCUT2D eigenvalue weighted by Gasteiger charge is 2.47. The predicted octanol–water partition coefficient (Wildman–Crippen LogP) is 2.50. The average molecular weight is 257 g/mol. The van der Waals surface area contributed by atoms with Crippen molar-refractivity contribution in [2.24, 2.45) is 5.73 Å². The Morgan fingerprint density at radius 2 is 1.83 bits per heavy atom. The first-order valence-corrected chi connectivity index (χ1v) is 5.67. The van der Waals surface area contributed by atoms with Gasteiger partial charge in [0.1, 0.15) is 6.04 Å². The highest BCUT2D eigenvalue weighted by Crippen LogP contribution is 2.31. The minimum atomic E-state index is -3.73. The monoisotopic (exact) mass is 257 g/mol. The van der Waals surface area contributed by atoms with Gasteiger partial charge in [0, 0.05) is 0 Å². The highest BCUT2D eigenvalue weighted by atomic mass is 19.3. The molecule has 1 rings (SSSR count). The SMILES string of the molecule is CCOC(=O)C(F)(F)[C@H](N)c1cc(C)cc(C)c1. The van der Waals surface area contributed by atoms with Crippen molar-refractivity contribution in [3.63, 3.8) is 0 Å². The van der Waals surface area contributed by atoms with Crippen molar-refractivity contribution < 1.29 is 18.3 Å². The van der Waals surface area contributed by atoms with Gasteiger partial charge < -0.3 is 10.5 Å². The third-order valence-electron chi connectivity index (χ3n) is 2.54. The normalized spacial score (nSPS) is 13.2. The standard InChI is InChI=1S/C13H17F2NO2/c1-4-18-12(17)13(14,15)11(16)10-6-8(2)5-9(3)7-10/h5-7,11H,4,16H2,1-3H3/t11-/m1/s1. The summed E-state index contributed by atoms with van der Waals surface area (Å²) in [6.45, 7) is 4.93. The summed E-state index contributed by atoms with van der Waals surface area (Å²) in [6, 6.07) is 3.24. The van der Waals surface area contributed by atoms with E-state index >= 15 is 0 Å². The number of rotatable bonds is 4. The topological polar surface area (TPSA) is 52.3 Å². The van der Waals surface area contributed by atoms with Crippen LogP contribution in [0.4, 0.5) is 8.78 Å². The molecule has 0 aliphatic carbocycles. The van der Waals surface area contributed by atoms with E-state index in [1.54, 1.807) is 26.0 Å². The Kier molecular flexibility index (Phi) is 4.40. The summed E-state index contributed by atoms with van der Waals surface area (Å²) in [7, 11) is 0. The number of hydrogen-bond acceptors (Lipinski definition) is 3. The molecule has 2 N–H and O–H groups in total. The molecule has 1 aromatic rings. The largest absolute Gasteiger partial charge is 0.462 e. The summed E-state index contributed by atoms with van der Waals surface area (Å²) >= 11 is 0. The van der Waals surface area contributed by atoms with E-state index in [1.807, 2.05) is 6.07 Å². The predicted molar refractivity (Wildman–Crippen MR) is 64.4 cm³/mol. The van der Waals surface area contributed by atoms with Crippen LogP contribution >= 0.6 is 0 Å². The second kappa shape index (κ2) is 5.44. The first-order chi connectivity index (χ1) is 8.28. The minimum Gasteiger partial charge on any atom is -0.462 e. The number of benzene rings is 1. The van der Waals surface area contributed by atoms with Crippen LogP contribution in [0, 0.1) is 13.8 Å². The lowest BCUT2D eigenvalue weighted by atomic mass is 9.97. The molecule has 0 amide bonds. The maximum atomic E-state index is 13.7. The van der Waals surface area contributed by atoms with Gasteiger partial charge in [-0.15, -0.1) is 0 Å². The summed E-state index contributed by atoms with van der Waals surface area (Å²) in [4.78, 5) is 11.2. The molecule has 0 unspecified atom stereocenters. The van der Waals surface area contributed by atoms with E-state index in [1.165, 1.54) is 6.92 Å². The summed E-state index contributed by atoms with van der Waals surface area (Å²) in [5.74, 6) is -5.31. The van der Waals surface area contributed by atoms with Crippen molar-refractivity contribution in [1.82, 2.24) is 0 Å². The molecular formula is C13H17F2NO2. The molecule has 0 heterocycles. The van der Waals surface area contributed by atoms with Crippen molar-refractivity contribution >= 4 is 5.97 Å². The number of esters is 1. The van der Waals surface area contributed by atoms with Crippen LogP contribution in [0.1, 0.15) is 29.7 Å². The molecule has 0 aromatic heterocycles. The molecule has 0 spiro atoms. The Morgan fingerprint density at radius 1 is 1.33 bits per heavy atom. The molecule has 100 valence electrons. The van der Waals surface area contributed by atoms with Gasteiger partial charge in [-0.3, -0.25) is 0 Å². The van der Waals surface area contributed by atoms with Gasteiger partial charge in [-0.25, -0.2) is 4.79 Å². The van der Waals surface area contributed by atoms with Gasteiger partial charge in [0.05, 0.1) is 6.61 Å². The van der Waals surface area contributed by atoms with Crippen LogP contribution < -0.4 is 5.73 Å². The average Bonchev–Trinajstić information content (AvgIpc) is 2.26. The third-order valence-corrected chi connectivity index (χ3v) is 2.54. The number of hydrogen-bond donors (Lipinski definition) is 1. The zero-order valence-corrected chi connectivity index (χ0v) is 10.7. The van der Waals surface area contributed by atoms with Crippen LogP contribution in [-0.2, 0) is 9.53 Å². The van der Waals surface area contributed by atoms with Gasteiger partial charge in [0.15, 0.2) is 0 Å². The quantitative estimate of drug-likeness (QED) is 0.843. The molecule has 0 aliphatic heterocycles. The van der Waals surface area contributed by atoms with Gasteiger partial charge in [-0.05, 0) is 26.3 Å². The van der Waals surface area contributed by atoms with E-state index in [9.17, 15) is 13.6 Å². The molecule has 18 heavy (non-hydrogen) atoms. The second-order valence-corrected chi connectivity index (χ2v) is 4.24. The maximum Gasteiger partial charge on any atom is 0.379 e. The Bertz CT molecular complexity index is 426. The van der Waals surface area contributed by atoms with Gasteiger partial charge in [0.2, 0.25) is 0 Å². The molecule has 0 aliphatic rings. The Balaban J connectivity index is 3.04. The first kappa shape index (κ1) is 14.6. The molecule has 5 heteroatoms. The Labute approximate surface area is 105 Å². The number of ether oxygens (including phenoxy) is 1. The van der Waals surface area contributed by atoms with Crippen LogP contribution in [0.3, 0.4) is 0 Å². The fraction of sp³-hybridized carbons (Fsp3) is 0.462. The van der Waals surface area contributed by atoms with Crippen molar-refractivity contribution in [1.29, 1.82) is 0 Å². The van der Waals surface area contributed by atoms with E-state index in [2.05, 4.69) is 4.74 Å². The fourth-order valence-corrected chi connectivity index (χ4v) is 1.75. The van der Waals surface area contributed by atoms with Gasteiger partial charge in [-0.1, -0.05) is 29.3 Å². The van der Waals surface area contributed by atoms with Crippen molar-refractivity contribution in [2.45, 2.75) is 32.7 Å². The number of carbonyl (C=O) groups excluding carboxylic acids is 1. The number of aryl methyl sites for hydroxylation is 2. The first-order valence-electron chi connectivity index (χ1n) is 5.67. The van der Waals surface area contributed by atoms with Crippen LogP contribution in [0.25, 0.3) is 0 Å². The Hall–Kier alpha value is -1.49. The van der Waals surface area contributed by atoms with Gasteiger partial charge in [0.25, 0.3) is 0 Å². The summed E-state index contributed by atoms with van der Waals surface area (Å²) < 4.78 is 31.8. The molecule has 0 radical (unpaired) electrons. The maximum absolute atomic E-state index is 13.7. The fourth-order valence-electron chi connectivity index (χ4n) is 1.75. The Morgan fingerprint density at radius 3 is 2.28 bits per heavy atom. The zero-order valence-electron chi connectivity index (χ0n) is 10.7. The molecular weight excluding hydrogens is 240 g/mol. The van der Waals surface area contributed by atoms with Crippen LogP contribution in [0.5, 0.6) is 0 Å². The van der Waals surface area contributed by atoms with Crippen LogP contribution in [0.15, 0.2) is 18.2 Å². The summed E-state index contributed by atoms with van der Waals surface area (Å²) in [6.07, 6.45) is 0. The second-order valence-electron chi connectivity index (χ2n) is 4.24. The van der Waals surface area contributed by atoms with Crippen molar-refractivity contribution in [3.8, 4) is 0 Å². The molecule has 0 saturated heterocycles.